The van der Waals surface area contributed by atoms with Gasteiger partial charge in [-0.25, -0.2) is 9.97 Å². The molecule has 0 bridgehead atoms. The molecule has 0 spiro atoms. The van der Waals surface area contributed by atoms with E-state index in [1.807, 2.05) is 20.9 Å². The molecule has 1 aromatic heterocycles. The number of halogens is 1. The van der Waals surface area contributed by atoms with Gasteiger partial charge < -0.3 is 9.64 Å². The molecule has 0 radical (unpaired) electrons. The number of ether oxygens (including phenoxy) is 1. The van der Waals surface area contributed by atoms with Gasteiger partial charge in [0, 0.05) is 31.7 Å². The number of hydrogen-bond donors (Lipinski definition) is 0. The molecule has 4 nitrogen and oxygen atoms in total. The van der Waals surface area contributed by atoms with Crippen LogP contribution in [0.2, 0.25) is 5.15 Å². The van der Waals surface area contributed by atoms with Crippen molar-refractivity contribution in [3.8, 4) is 0 Å². The summed E-state index contributed by atoms with van der Waals surface area (Å²) in [4.78, 5) is 11.0. The highest BCUT2D eigenvalue weighted by atomic mass is 35.5. The fourth-order valence-electron chi connectivity index (χ4n) is 1.58. The Morgan fingerprint density at radius 1 is 1.33 bits per heavy atom. The smallest absolute Gasteiger partial charge is 0.137 e. The van der Waals surface area contributed by atoms with Crippen molar-refractivity contribution in [3.05, 3.63) is 16.5 Å². The Kier molecular flexibility index (Phi) is 5.82. The molecule has 0 saturated heterocycles. The normalized spacial score (nSPS) is 11.1. The molecule has 102 valence electrons. The Hall–Kier alpha value is -0.870. The largest absolute Gasteiger partial charge is 0.380 e. The van der Waals surface area contributed by atoms with E-state index < -0.39 is 0 Å². The second-order valence-corrected chi connectivity index (χ2v) is 4.95. The number of aromatic nitrogens is 2. The van der Waals surface area contributed by atoms with Crippen LogP contribution in [-0.4, -0.2) is 36.8 Å². The van der Waals surface area contributed by atoms with Gasteiger partial charge in [0.2, 0.25) is 0 Å². The molecule has 0 aromatic carbocycles. The van der Waals surface area contributed by atoms with Gasteiger partial charge in [-0.15, -0.1) is 0 Å². The first-order valence-electron chi connectivity index (χ1n) is 6.30. The summed E-state index contributed by atoms with van der Waals surface area (Å²) in [7, 11) is 1.99. The molecule has 0 aliphatic heterocycles. The molecular formula is C13H22ClN3O. The molecule has 0 fully saturated rings. The number of hydrogen-bond acceptors (Lipinski definition) is 4. The first-order chi connectivity index (χ1) is 8.47. The number of likely N-dealkylation sites (N-methyl/N-ethyl adjacent to an activating group) is 1. The zero-order valence-corrected chi connectivity index (χ0v) is 12.6. The van der Waals surface area contributed by atoms with Crippen molar-refractivity contribution in [1.29, 1.82) is 0 Å². The Balaban J connectivity index is 2.92. The van der Waals surface area contributed by atoms with E-state index in [1.54, 1.807) is 0 Å². The number of anilines is 1. The van der Waals surface area contributed by atoms with E-state index in [1.165, 1.54) is 0 Å². The number of nitrogens with zero attached hydrogens (tertiary/aromatic N) is 3. The maximum absolute atomic E-state index is 6.16. The summed E-state index contributed by atoms with van der Waals surface area (Å²) in [5, 5.41) is 0.534. The van der Waals surface area contributed by atoms with Gasteiger partial charge in [0.15, 0.2) is 0 Å². The predicted molar refractivity (Wildman–Crippen MR) is 75.6 cm³/mol. The second kappa shape index (κ2) is 6.90. The molecule has 0 aliphatic rings. The van der Waals surface area contributed by atoms with Crippen molar-refractivity contribution in [1.82, 2.24) is 9.97 Å². The van der Waals surface area contributed by atoms with Gasteiger partial charge in [-0.1, -0.05) is 25.4 Å². The van der Waals surface area contributed by atoms with Gasteiger partial charge in [-0.05, 0) is 13.8 Å². The molecule has 5 heteroatoms. The second-order valence-electron chi connectivity index (χ2n) is 4.59. The molecule has 1 heterocycles. The lowest BCUT2D eigenvalue weighted by molar-refractivity contribution is 0.154. The predicted octanol–water partition coefficient (Wildman–Crippen LogP) is 3.03. The van der Waals surface area contributed by atoms with Crippen LogP contribution < -0.4 is 4.90 Å². The van der Waals surface area contributed by atoms with Crippen LogP contribution in [0.5, 0.6) is 0 Å². The molecule has 0 aliphatic carbocycles. The van der Waals surface area contributed by atoms with Crippen LogP contribution in [0.1, 0.15) is 38.1 Å². The maximum atomic E-state index is 6.16. The SMILES string of the molecule is CCOCCN(C)c1nc(C(C)C)nc(Cl)c1C. The van der Waals surface area contributed by atoms with Crippen molar-refractivity contribution < 1.29 is 4.74 Å². The zero-order chi connectivity index (χ0) is 13.7. The molecule has 0 unspecified atom stereocenters. The lowest BCUT2D eigenvalue weighted by Crippen LogP contribution is -2.25. The third-order valence-electron chi connectivity index (χ3n) is 2.73. The van der Waals surface area contributed by atoms with Crippen molar-refractivity contribution in [2.45, 2.75) is 33.6 Å². The van der Waals surface area contributed by atoms with E-state index in [0.29, 0.717) is 11.8 Å². The highest BCUT2D eigenvalue weighted by molar-refractivity contribution is 6.30. The molecule has 0 amide bonds. The van der Waals surface area contributed by atoms with Crippen molar-refractivity contribution in [2.75, 3.05) is 31.7 Å². The minimum Gasteiger partial charge on any atom is -0.380 e. The molecule has 1 rings (SSSR count). The monoisotopic (exact) mass is 271 g/mol. The van der Waals surface area contributed by atoms with Crippen molar-refractivity contribution in [2.24, 2.45) is 0 Å². The first kappa shape index (κ1) is 15.2. The lowest BCUT2D eigenvalue weighted by atomic mass is 10.2. The standard InChI is InChI=1S/C13H22ClN3O/c1-6-18-8-7-17(5)13-10(4)11(14)15-12(16-13)9(2)3/h9H,6-8H2,1-5H3. The topological polar surface area (TPSA) is 38.2 Å². The third kappa shape index (κ3) is 3.82. The average Bonchev–Trinajstić information content (AvgIpc) is 2.32. The van der Waals surface area contributed by atoms with E-state index >= 15 is 0 Å². The Morgan fingerprint density at radius 2 is 2.00 bits per heavy atom. The Bertz CT molecular complexity index is 396. The summed E-state index contributed by atoms with van der Waals surface area (Å²) in [6.07, 6.45) is 0. The summed E-state index contributed by atoms with van der Waals surface area (Å²) >= 11 is 6.16. The highest BCUT2D eigenvalue weighted by Gasteiger charge is 2.14. The summed E-state index contributed by atoms with van der Waals surface area (Å²) in [6.45, 7) is 10.3. The van der Waals surface area contributed by atoms with Crippen LogP contribution in [-0.2, 0) is 4.74 Å². The molecule has 0 N–H and O–H groups in total. The molecule has 0 atom stereocenters. The summed E-state index contributed by atoms with van der Waals surface area (Å²) in [5.74, 6) is 1.93. The van der Waals surface area contributed by atoms with Gasteiger partial charge in [-0.2, -0.15) is 0 Å². The van der Waals surface area contributed by atoms with Crippen LogP contribution in [0.25, 0.3) is 0 Å². The lowest BCUT2D eigenvalue weighted by Gasteiger charge is -2.21. The highest BCUT2D eigenvalue weighted by Crippen LogP contribution is 2.24. The van der Waals surface area contributed by atoms with E-state index in [4.69, 9.17) is 16.3 Å². The van der Waals surface area contributed by atoms with Crippen LogP contribution in [0.15, 0.2) is 0 Å². The molecule has 18 heavy (non-hydrogen) atoms. The molecule has 1 aromatic rings. The summed E-state index contributed by atoms with van der Waals surface area (Å²) in [6, 6.07) is 0. The van der Waals surface area contributed by atoms with Crippen LogP contribution >= 0.6 is 11.6 Å². The quantitative estimate of drug-likeness (QED) is 0.589. The van der Waals surface area contributed by atoms with Gasteiger partial charge >= 0.3 is 0 Å². The van der Waals surface area contributed by atoms with E-state index in [2.05, 4.69) is 28.7 Å². The van der Waals surface area contributed by atoms with Crippen molar-refractivity contribution >= 4 is 17.4 Å². The van der Waals surface area contributed by atoms with Gasteiger partial charge in [0.1, 0.15) is 16.8 Å². The Morgan fingerprint density at radius 3 is 2.56 bits per heavy atom. The van der Waals surface area contributed by atoms with E-state index in [-0.39, 0.29) is 5.92 Å². The third-order valence-corrected chi connectivity index (χ3v) is 3.10. The summed E-state index contributed by atoms with van der Waals surface area (Å²) < 4.78 is 5.36. The Labute approximate surface area is 114 Å². The van der Waals surface area contributed by atoms with E-state index in [9.17, 15) is 0 Å². The fourth-order valence-corrected chi connectivity index (χ4v) is 1.75. The van der Waals surface area contributed by atoms with Gasteiger partial charge in [0.25, 0.3) is 0 Å². The maximum Gasteiger partial charge on any atom is 0.137 e. The molecule has 0 saturated carbocycles. The minimum absolute atomic E-state index is 0.266. The van der Waals surface area contributed by atoms with Crippen molar-refractivity contribution in [3.63, 3.8) is 0 Å². The fraction of sp³-hybridized carbons (Fsp3) is 0.692. The minimum atomic E-state index is 0.266. The van der Waals surface area contributed by atoms with Crippen LogP contribution in [0, 0.1) is 6.92 Å². The van der Waals surface area contributed by atoms with Gasteiger partial charge in [-0.3, -0.25) is 0 Å². The van der Waals surface area contributed by atoms with Crippen LogP contribution in [0.4, 0.5) is 5.82 Å². The first-order valence-corrected chi connectivity index (χ1v) is 6.68. The molecular weight excluding hydrogens is 250 g/mol. The average molecular weight is 272 g/mol. The summed E-state index contributed by atoms with van der Waals surface area (Å²) in [5.41, 5.74) is 0.917. The zero-order valence-electron chi connectivity index (χ0n) is 11.8. The number of rotatable bonds is 6. The van der Waals surface area contributed by atoms with E-state index in [0.717, 1.165) is 30.4 Å². The van der Waals surface area contributed by atoms with Gasteiger partial charge in [0.05, 0.1) is 6.61 Å². The van der Waals surface area contributed by atoms with Crippen LogP contribution in [0.3, 0.4) is 0 Å².